The van der Waals surface area contributed by atoms with E-state index in [9.17, 15) is 5.11 Å². The van der Waals surface area contributed by atoms with Crippen LogP contribution in [-0.4, -0.2) is 47.8 Å². The van der Waals surface area contributed by atoms with Gasteiger partial charge in [0.25, 0.3) is 0 Å². The molecule has 3 nitrogen and oxygen atoms in total. The maximum Gasteiger partial charge on any atom is 0.0650 e. The Morgan fingerprint density at radius 1 is 0.935 bits per heavy atom. The number of aliphatic hydroxyl groups is 1. The Morgan fingerprint density at radius 2 is 1.55 bits per heavy atom. The van der Waals surface area contributed by atoms with Gasteiger partial charge in [-0.05, 0) is 112 Å². The van der Waals surface area contributed by atoms with Crippen molar-refractivity contribution in [3.05, 3.63) is 35.4 Å². The minimum absolute atomic E-state index is 0.417. The molecule has 0 amide bonds. The van der Waals surface area contributed by atoms with E-state index in [2.05, 4.69) is 48.3 Å². The molecular weight excluding hydrogens is 380 g/mol. The van der Waals surface area contributed by atoms with Crippen LogP contribution in [0.5, 0.6) is 0 Å². The van der Waals surface area contributed by atoms with Gasteiger partial charge in [-0.3, -0.25) is 0 Å². The van der Waals surface area contributed by atoms with Crippen molar-refractivity contribution < 1.29 is 5.11 Å². The molecule has 1 aromatic rings. The summed E-state index contributed by atoms with van der Waals surface area (Å²) in [7, 11) is 0. The molecule has 3 heteroatoms. The molecule has 4 fully saturated rings. The Bertz CT molecular complexity index is 739. The number of rotatable bonds is 5. The van der Waals surface area contributed by atoms with Gasteiger partial charge in [0.15, 0.2) is 0 Å². The first-order valence-corrected chi connectivity index (χ1v) is 13.2. The quantitative estimate of drug-likeness (QED) is 0.660. The smallest absolute Gasteiger partial charge is 0.0650 e. The highest BCUT2D eigenvalue weighted by Crippen LogP contribution is 2.46. The molecular formula is C28H44N2O. The standard InChI is InChI=1S/C28H44N2O/c1-21(2)17-28(31)13-7-22(8-14-28)25-5-3-4-6-26(25)23-10-15-30(16-11-23)24-9-12-27(18-24)19-29-20-27/h3-6,21-24,29,31H,7-20H2,1-2H3/t22?,24-,28?/m1/s1. The van der Waals surface area contributed by atoms with Crippen LogP contribution in [0, 0.1) is 11.3 Å². The van der Waals surface area contributed by atoms with Gasteiger partial charge < -0.3 is 15.3 Å². The van der Waals surface area contributed by atoms with E-state index in [1.165, 1.54) is 58.3 Å². The lowest BCUT2D eigenvalue weighted by atomic mass is 9.71. The lowest BCUT2D eigenvalue weighted by molar-refractivity contribution is -0.0184. The number of hydrogen-bond acceptors (Lipinski definition) is 3. The van der Waals surface area contributed by atoms with E-state index in [0.717, 1.165) is 44.1 Å². The van der Waals surface area contributed by atoms with E-state index in [1.54, 1.807) is 11.1 Å². The summed E-state index contributed by atoms with van der Waals surface area (Å²) in [6, 6.07) is 10.2. The van der Waals surface area contributed by atoms with E-state index in [0.29, 0.717) is 17.3 Å². The van der Waals surface area contributed by atoms with Gasteiger partial charge in [-0.15, -0.1) is 0 Å². The van der Waals surface area contributed by atoms with Gasteiger partial charge in [-0.2, -0.15) is 0 Å². The molecule has 0 radical (unpaired) electrons. The Hall–Kier alpha value is -0.900. The van der Waals surface area contributed by atoms with Gasteiger partial charge in [0.1, 0.15) is 0 Å². The van der Waals surface area contributed by atoms with Gasteiger partial charge in [0.05, 0.1) is 5.60 Å². The van der Waals surface area contributed by atoms with E-state index in [4.69, 9.17) is 0 Å². The number of hydrogen-bond donors (Lipinski definition) is 2. The Kier molecular flexibility index (Phi) is 6.22. The molecule has 0 unspecified atom stereocenters. The van der Waals surface area contributed by atoms with Gasteiger partial charge >= 0.3 is 0 Å². The van der Waals surface area contributed by atoms with E-state index >= 15 is 0 Å². The molecule has 2 saturated carbocycles. The van der Waals surface area contributed by atoms with E-state index < -0.39 is 5.60 Å². The van der Waals surface area contributed by atoms with Crippen molar-refractivity contribution in [1.29, 1.82) is 0 Å². The second kappa shape index (κ2) is 8.80. The highest BCUT2D eigenvalue weighted by Gasteiger charge is 2.45. The lowest BCUT2D eigenvalue weighted by Crippen LogP contribution is -2.52. The maximum absolute atomic E-state index is 11.0. The maximum atomic E-state index is 11.0. The third-order valence-corrected chi connectivity index (χ3v) is 9.30. The second-order valence-electron chi connectivity index (χ2n) is 12.0. The SMILES string of the molecule is CC(C)CC1(O)CCC(c2ccccc2C2CCN([C@@H]3CCC4(CNC4)C3)CC2)CC1. The Labute approximate surface area is 190 Å². The van der Waals surface area contributed by atoms with Crippen LogP contribution in [0.4, 0.5) is 0 Å². The molecule has 2 saturated heterocycles. The molecule has 1 atom stereocenters. The minimum Gasteiger partial charge on any atom is -0.390 e. The molecule has 2 aliphatic heterocycles. The van der Waals surface area contributed by atoms with Crippen LogP contribution in [0.2, 0.25) is 0 Å². The van der Waals surface area contributed by atoms with Crippen LogP contribution in [0.3, 0.4) is 0 Å². The van der Waals surface area contributed by atoms with Gasteiger partial charge in [0, 0.05) is 19.1 Å². The number of nitrogens with zero attached hydrogens (tertiary/aromatic N) is 1. The van der Waals surface area contributed by atoms with E-state index in [-0.39, 0.29) is 0 Å². The third-order valence-electron chi connectivity index (χ3n) is 9.30. The largest absolute Gasteiger partial charge is 0.390 e. The third kappa shape index (κ3) is 4.61. The Morgan fingerprint density at radius 3 is 2.06 bits per heavy atom. The van der Waals surface area contributed by atoms with E-state index in [1.807, 2.05) is 0 Å². The highest BCUT2D eigenvalue weighted by molar-refractivity contribution is 5.34. The summed E-state index contributed by atoms with van der Waals surface area (Å²) in [5, 5.41) is 14.5. The van der Waals surface area contributed by atoms with Crippen LogP contribution >= 0.6 is 0 Å². The normalized spacial score (nSPS) is 34.3. The first-order valence-electron chi connectivity index (χ1n) is 13.2. The average Bonchev–Trinajstić information content (AvgIpc) is 3.20. The summed E-state index contributed by atoms with van der Waals surface area (Å²) < 4.78 is 0. The lowest BCUT2D eigenvalue weighted by Gasteiger charge is -2.42. The number of piperidine rings is 1. The summed E-state index contributed by atoms with van der Waals surface area (Å²) in [5.41, 5.74) is 3.48. The van der Waals surface area contributed by atoms with Gasteiger partial charge in [-0.1, -0.05) is 38.1 Å². The summed E-state index contributed by atoms with van der Waals surface area (Å²) in [5.74, 6) is 1.95. The summed E-state index contributed by atoms with van der Waals surface area (Å²) >= 11 is 0. The first kappa shape index (κ1) is 21.9. The number of likely N-dealkylation sites (tertiary alicyclic amines) is 1. The monoisotopic (exact) mass is 424 g/mol. The van der Waals surface area contributed by atoms with Gasteiger partial charge in [-0.25, -0.2) is 0 Å². The zero-order valence-corrected chi connectivity index (χ0v) is 19.9. The molecule has 2 aliphatic carbocycles. The number of nitrogens with one attached hydrogen (secondary N) is 1. The molecule has 2 heterocycles. The van der Waals surface area contributed by atoms with Crippen LogP contribution in [0.1, 0.15) is 101 Å². The second-order valence-corrected chi connectivity index (χ2v) is 12.0. The minimum atomic E-state index is -0.417. The molecule has 1 aromatic carbocycles. The fourth-order valence-corrected chi connectivity index (χ4v) is 7.55. The zero-order valence-electron chi connectivity index (χ0n) is 19.9. The van der Waals surface area contributed by atoms with Crippen LogP contribution in [-0.2, 0) is 0 Å². The predicted molar refractivity (Wildman–Crippen MR) is 129 cm³/mol. The van der Waals surface area contributed by atoms with Crippen molar-refractivity contribution in [2.45, 2.75) is 102 Å². The zero-order chi connectivity index (χ0) is 21.5. The summed E-state index contributed by atoms with van der Waals surface area (Å²) in [6.45, 7) is 9.57. The van der Waals surface area contributed by atoms with Crippen molar-refractivity contribution in [3.8, 4) is 0 Å². The molecule has 2 N–H and O–H groups in total. The van der Waals surface area contributed by atoms with Crippen LogP contribution in [0.15, 0.2) is 24.3 Å². The van der Waals surface area contributed by atoms with Crippen molar-refractivity contribution >= 4 is 0 Å². The molecule has 0 aromatic heterocycles. The van der Waals surface area contributed by atoms with Gasteiger partial charge in [0.2, 0.25) is 0 Å². The van der Waals surface area contributed by atoms with Crippen LogP contribution in [0.25, 0.3) is 0 Å². The topological polar surface area (TPSA) is 35.5 Å². The predicted octanol–water partition coefficient (Wildman–Crippen LogP) is 5.44. The Balaban J connectivity index is 1.20. The summed E-state index contributed by atoms with van der Waals surface area (Å²) in [4.78, 5) is 2.83. The fourth-order valence-electron chi connectivity index (χ4n) is 7.55. The molecule has 1 spiro atoms. The number of benzene rings is 1. The first-order chi connectivity index (χ1) is 15.0. The van der Waals surface area contributed by atoms with Crippen molar-refractivity contribution in [2.24, 2.45) is 11.3 Å². The van der Waals surface area contributed by atoms with Crippen LogP contribution < -0.4 is 5.32 Å². The summed E-state index contributed by atoms with van der Waals surface area (Å²) in [6.07, 6.45) is 12.1. The fraction of sp³-hybridized carbons (Fsp3) is 0.786. The molecule has 4 aliphatic rings. The molecule has 0 bridgehead atoms. The van der Waals surface area contributed by atoms with Crippen molar-refractivity contribution in [2.75, 3.05) is 26.2 Å². The van der Waals surface area contributed by atoms with Crippen molar-refractivity contribution in [1.82, 2.24) is 10.2 Å². The van der Waals surface area contributed by atoms with Crippen molar-refractivity contribution in [3.63, 3.8) is 0 Å². The molecule has 172 valence electrons. The molecule has 31 heavy (non-hydrogen) atoms. The average molecular weight is 425 g/mol. The molecule has 5 rings (SSSR count). The highest BCUT2D eigenvalue weighted by atomic mass is 16.3.